The first-order valence-corrected chi connectivity index (χ1v) is 6.20. The van der Waals surface area contributed by atoms with Crippen molar-refractivity contribution in [1.29, 1.82) is 0 Å². The Morgan fingerprint density at radius 2 is 1.89 bits per heavy atom. The highest BCUT2D eigenvalue weighted by Crippen LogP contribution is 2.30. The number of hydrogen-bond acceptors (Lipinski definition) is 3. The van der Waals surface area contributed by atoms with Crippen LogP contribution in [0.15, 0.2) is 12.1 Å². The second kappa shape index (κ2) is 5.11. The lowest BCUT2D eigenvalue weighted by Crippen LogP contribution is -2.41. The van der Waals surface area contributed by atoms with Gasteiger partial charge in [0.1, 0.15) is 5.75 Å². The Bertz CT molecular complexity index is 456. The van der Waals surface area contributed by atoms with Crippen molar-refractivity contribution in [3.63, 3.8) is 0 Å². The zero-order valence-corrected chi connectivity index (χ0v) is 12.1. The Labute approximate surface area is 109 Å². The molecule has 0 heterocycles. The minimum absolute atomic E-state index is 0.0375. The molecule has 0 fully saturated rings. The molecular formula is C15H23NO2. The van der Waals surface area contributed by atoms with Crippen LogP contribution in [-0.4, -0.2) is 18.4 Å². The summed E-state index contributed by atoms with van der Waals surface area (Å²) in [6, 6.07) is 3.82. The Kier molecular flexibility index (Phi) is 4.17. The molecule has 0 unspecified atom stereocenters. The third kappa shape index (κ3) is 2.91. The lowest BCUT2D eigenvalue weighted by atomic mass is 9.88. The van der Waals surface area contributed by atoms with Crippen LogP contribution < -0.4 is 10.5 Å². The van der Waals surface area contributed by atoms with E-state index in [1.54, 1.807) is 21.0 Å². The quantitative estimate of drug-likeness (QED) is 0.834. The van der Waals surface area contributed by atoms with Gasteiger partial charge in [0, 0.05) is 5.56 Å². The molecule has 0 saturated heterocycles. The van der Waals surface area contributed by atoms with Crippen molar-refractivity contribution >= 4 is 5.78 Å². The molecule has 3 nitrogen and oxygen atoms in total. The number of benzene rings is 1. The number of rotatable bonds is 4. The molecular weight excluding hydrogens is 226 g/mol. The zero-order chi connectivity index (χ0) is 14.1. The van der Waals surface area contributed by atoms with E-state index in [4.69, 9.17) is 10.5 Å². The van der Waals surface area contributed by atoms with Crippen LogP contribution in [0.1, 0.15) is 55.1 Å². The van der Waals surface area contributed by atoms with E-state index in [-0.39, 0.29) is 5.78 Å². The largest absolute Gasteiger partial charge is 0.496 e. The smallest absolute Gasteiger partial charge is 0.182 e. The fraction of sp³-hybridized carbons (Fsp3) is 0.533. The summed E-state index contributed by atoms with van der Waals surface area (Å²) in [5.41, 5.74) is 7.67. The van der Waals surface area contributed by atoms with Gasteiger partial charge in [-0.25, -0.2) is 0 Å². The van der Waals surface area contributed by atoms with Crippen LogP contribution >= 0.6 is 0 Å². The molecule has 1 aromatic carbocycles. The summed E-state index contributed by atoms with van der Waals surface area (Å²) in [5.74, 6) is 1.09. The second-order valence-corrected chi connectivity index (χ2v) is 5.61. The molecule has 2 N–H and O–H groups in total. The van der Waals surface area contributed by atoms with Crippen LogP contribution in [0.4, 0.5) is 0 Å². The van der Waals surface area contributed by atoms with Crippen LogP contribution in [0.2, 0.25) is 0 Å². The second-order valence-electron chi connectivity index (χ2n) is 5.61. The average molecular weight is 249 g/mol. The van der Waals surface area contributed by atoms with Crippen molar-refractivity contribution in [2.45, 2.75) is 46.1 Å². The molecule has 1 aromatic rings. The summed E-state index contributed by atoms with van der Waals surface area (Å²) in [6.07, 6.45) is 0. The first-order chi connectivity index (χ1) is 8.18. The Balaban J connectivity index is 3.39. The molecule has 0 aromatic heterocycles. The number of hydrogen-bond donors (Lipinski definition) is 1. The fourth-order valence-electron chi connectivity index (χ4n) is 1.92. The topological polar surface area (TPSA) is 52.3 Å². The van der Waals surface area contributed by atoms with Gasteiger partial charge >= 0.3 is 0 Å². The minimum atomic E-state index is -0.854. The van der Waals surface area contributed by atoms with Gasteiger partial charge in [-0.3, -0.25) is 4.79 Å². The first kappa shape index (κ1) is 14.7. The summed E-state index contributed by atoms with van der Waals surface area (Å²) < 4.78 is 5.37. The lowest BCUT2D eigenvalue weighted by Gasteiger charge is -2.21. The van der Waals surface area contributed by atoms with Crippen LogP contribution in [0.25, 0.3) is 0 Å². The molecule has 0 aliphatic carbocycles. The van der Waals surface area contributed by atoms with E-state index in [2.05, 4.69) is 13.8 Å². The molecule has 0 aliphatic heterocycles. The third-order valence-electron chi connectivity index (χ3n) is 3.03. The molecule has 1 rings (SSSR count). The SMILES string of the molecule is COc1cc(C)c(C(=O)C(C)(C)N)cc1C(C)C. The van der Waals surface area contributed by atoms with Crippen LogP contribution in [0.5, 0.6) is 5.75 Å². The van der Waals surface area contributed by atoms with Gasteiger partial charge in [0.25, 0.3) is 0 Å². The molecule has 18 heavy (non-hydrogen) atoms. The number of carbonyl (C=O) groups is 1. The maximum absolute atomic E-state index is 12.3. The molecule has 0 spiro atoms. The summed E-state index contributed by atoms with van der Waals surface area (Å²) in [6.45, 7) is 9.53. The van der Waals surface area contributed by atoms with Crippen molar-refractivity contribution in [1.82, 2.24) is 0 Å². The maximum Gasteiger partial charge on any atom is 0.182 e. The third-order valence-corrected chi connectivity index (χ3v) is 3.03. The summed E-state index contributed by atoms with van der Waals surface area (Å²) in [5, 5.41) is 0. The van der Waals surface area contributed by atoms with E-state index in [0.717, 1.165) is 16.9 Å². The number of ether oxygens (including phenoxy) is 1. The lowest BCUT2D eigenvalue weighted by molar-refractivity contribution is 0.0913. The van der Waals surface area contributed by atoms with E-state index in [9.17, 15) is 4.79 Å². The van der Waals surface area contributed by atoms with Gasteiger partial charge in [-0.2, -0.15) is 0 Å². The van der Waals surface area contributed by atoms with Crippen molar-refractivity contribution in [2.75, 3.05) is 7.11 Å². The highest BCUT2D eigenvalue weighted by atomic mass is 16.5. The fourth-order valence-corrected chi connectivity index (χ4v) is 1.92. The first-order valence-electron chi connectivity index (χ1n) is 6.20. The van der Waals surface area contributed by atoms with Gasteiger partial charge in [-0.05, 0) is 49.9 Å². The maximum atomic E-state index is 12.3. The number of Topliss-reactive ketones (excluding diaryl/α,β-unsaturated/α-hetero) is 1. The monoisotopic (exact) mass is 249 g/mol. The Morgan fingerprint density at radius 1 is 1.33 bits per heavy atom. The summed E-state index contributed by atoms with van der Waals surface area (Å²) in [4.78, 5) is 12.3. The van der Waals surface area contributed by atoms with Crippen molar-refractivity contribution in [2.24, 2.45) is 5.73 Å². The molecule has 3 heteroatoms. The molecule has 0 atom stereocenters. The van der Waals surface area contributed by atoms with E-state index in [1.165, 1.54) is 0 Å². The van der Waals surface area contributed by atoms with Gasteiger partial charge in [-0.15, -0.1) is 0 Å². The van der Waals surface area contributed by atoms with E-state index in [0.29, 0.717) is 11.5 Å². The van der Waals surface area contributed by atoms with Crippen LogP contribution in [0.3, 0.4) is 0 Å². The standard InChI is InChI=1S/C15H23NO2/c1-9(2)11-8-12(14(17)15(4,5)16)10(3)7-13(11)18-6/h7-9H,16H2,1-6H3. The van der Waals surface area contributed by atoms with Crippen LogP contribution in [0, 0.1) is 6.92 Å². The van der Waals surface area contributed by atoms with E-state index < -0.39 is 5.54 Å². The average Bonchev–Trinajstić information content (AvgIpc) is 2.25. The molecule has 0 aliphatic rings. The molecule has 0 bridgehead atoms. The van der Waals surface area contributed by atoms with Crippen molar-refractivity contribution < 1.29 is 9.53 Å². The predicted octanol–water partition coefficient (Wildman–Crippen LogP) is 3.05. The molecule has 100 valence electrons. The van der Waals surface area contributed by atoms with Gasteiger partial charge in [0.05, 0.1) is 12.6 Å². The van der Waals surface area contributed by atoms with Gasteiger partial charge < -0.3 is 10.5 Å². The van der Waals surface area contributed by atoms with Gasteiger partial charge in [0.15, 0.2) is 5.78 Å². The highest BCUT2D eigenvalue weighted by molar-refractivity contribution is 6.04. The van der Waals surface area contributed by atoms with Crippen LogP contribution in [-0.2, 0) is 0 Å². The number of carbonyl (C=O) groups excluding carboxylic acids is 1. The zero-order valence-electron chi connectivity index (χ0n) is 12.1. The Hall–Kier alpha value is -1.35. The molecule has 0 saturated carbocycles. The number of methoxy groups -OCH3 is 1. The van der Waals surface area contributed by atoms with Crippen molar-refractivity contribution in [3.05, 3.63) is 28.8 Å². The van der Waals surface area contributed by atoms with E-state index >= 15 is 0 Å². The molecule has 0 radical (unpaired) electrons. The van der Waals surface area contributed by atoms with Gasteiger partial charge in [-0.1, -0.05) is 13.8 Å². The predicted molar refractivity (Wildman–Crippen MR) is 74.4 cm³/mol. The normalized spacial score (nSPS) is 11.8. The number of ketones is 1. The van der Waals surface area contributed by atoms with E-state index in [1.807, 2.05) is 19.1 Å². The Morgan fingerprint density at radius 3 is 2.28 bits per heavy atom. The summed E-state index contributed by atoms with van der Waals surface area (Å²) >= 11 is 0. The van der Waals surface area contributed by atoms with Gasteiger partial charge in [0.2, 0.25) is 0 Å². The molecule has 0 amide bonds. The summed E-state index contributed by atoms with van der Waals surface area (Å²) in [7, 11) is 1.65. The highest BCUT2D eigenvalue weighted by Gasteiger charge is 2.26. The minimum Gasteiger partial charge on any atom is -0.496 e. The van der Waals surface area contributed by atoms with Crippen molar-refractivity contribution in [3.8, 4) is 5.75 Å². The number of aryl methyl sites for hydroxylation is 1. The number of nitrogens with two attached hydrogens (primary N) is 1.